The van der Waals surface area contributed by atoms with Crippen LogP contribution in [0.5, 0.6) is 0 Å². The van der Waals surface area contributed by atoms with Crippen LogP contribution in [-0.2, 0) is 20.0 Å². The Hall–Kier alpha value is -0.650. The van der Waals surface area contributed by atoms with Crippen molar-refractivity contribution in [2.75, 3.05) is 0 Å². The molecule has 0 unspecified atom stereocenters. The van der Waals surface area contributed by atoms with Gasteiger partial charge in [-0.3, -0.25) is 0 Å². The molecule has 1 aliphatic heterocycles. The Labute approximate surface area is 108 Å². The van der Waals surface area contributed by atoms with Gasteiger partial charge in [0.05, 0.1) is 0 Å². The summed E-state index contributed by atoms with van der Waals surface area (Å²) in [5, 5.41) is 4.91. The lowest BCUT2D eigenvalue weighted by atomic mass is 10.3. The lowest BCUT2D eigenvalue weighted by Gasteiger charge is -2.16. The van der Waals surface area contributed by atoms with Crippen LogP contribution in [0.2, 0.25) is 0 Å². The van der Waals surface area contributed by atoms with Crippen molar-refractivity contribution in [2.45, 2.75) is 8.42 Å². The molecule has 0 aliphatic carbocycles. The zero-order valence-corrected chi connectivity index (χ0v) is 11.4. The Morgan fingerprint density at radius 1 is 1.35 bits per heavy atom. The maximum atomic E-state index is 11.7. The first-order chi connectivity index (χ1) is 7.23. The monoisotopic (exact) mass is 317 g/mol. The molecule has 1 aromatic heterocycles. The first-order valence-electron chi connectivity index (χ1n) is 3.87. The van der Waals surface area contributed by atoms with Crippen LogP contribution >= 0.6 is 23.7 Å². The Balaban J connectivity index is 0.00000144. The highest BCUT2D eigenvalue weighted by Gasteiger charge is 2.30. The van der Waals surface area contributed by atoms with E-state index in [0.717, 1.165) is 6.20 Å². The first kappa shape index (κ1) is 14.4. The van der Waals surface area contributed by atoms with Gasteiger partial charge in [0.25, 0.3) is 10.0 Å². The molecule has 0 fully saturated rings. The number of hydrogen-bond acceptors (Lipinski definition) is 6. The van der Waals surface area contributed by atoms with Crippen LogP contribution in [0.25, 0.3) is 6.08 Å². The fraction of sp³-hybridized carbons (Fsp3) is 0. The molecule has 1 aliphatic rings. The van der Waals surface area contributed by atoms with Crippen molar-refractivity contribution < 1.29 is 16.8 Å². The van der Waals surface area contributed by atoms with Gasteiger partial charge in [-0.05, 0) is 12.1 Å². The molecule has 0 radical (unpaired) electrons. The van der Waals surface area contributed by atoms with Gasteiger partial charge < -0.3 is 0 Å². The second-order valence-corrected chi connectivity index (χ2v) is 7.88. The van der Waals surface area contributed by atoms with Gasteiger partial charge in [-0.15, -0.1) is 23.7 Å². The van der Waals surface area contributed by atoms with E-state index in [1.807, 2.05) is 0 Å². The van der Waals surface area contributed by atoms with Crippen molar-refractivity contribution >= 4 is 49.9 Å². The molecule has 17 heavy (non-hydrogen) atoms. The number of nitrogens with two attached hydrogens (primary N) is 2. The van der Waals surface area contributed by atoms with E-state index >= 15 is 0 Å². The van der Waals surface area contributed by atoms with Crippen LogP contribution < -0.4 is 11.0 Å². The lowest BCUT2D eigenvalue weighted by Crippen LogP contribution is -2.33. The minimum atomic E-state index is -3.90. The molecule has 1 aromatic rings. The van der Waals surface area contributed by atoms with E-state index in [0.29, 0.717) is 15.8 Å². The highest BCUT2D eigenvalue weighted by molar-refractivity contribution is 7.94. The minimum absolute atomic E-state index is 0. The van der Waals surface area contributed by atoms with Crippen molar-refractivity contribution in [1.82, 2.24) is 4.41 Å². The highest BCUT2D eigenvalue weighted by atomic mass is 35.5. The third-order valence-corrected chi connectivity index (χ3v) is 6.52. The average molecular weight is 318 g/mol. The topological polar surface area (TPSA) is 124 Å². The van der Waals surface area contributed by atoms with Crippen LogP contribution in [0, 0.1) is 0 Å². The Bertz CT molecular complexity index is 675. The number of primary sulfonamides is 1. The summed E-state index contributed by atoms with van der Waals surface area (Å²) in [6.45, 7) is 0. The summed E-state index contributed by atoms with van der Waals surface area (Å²) in [7, 11) is -7.74. The summed E-state index contributed by atoms with van der Waals surface area (Å²) >= 11 is 0.579. The summed E-state index contributed by atoms with van der Waals surface area (Å²) in [6, 6.07) is 1.20. The molecule has 0 atom stereocenters. The van der Waals surface area contributed by atoms with Gasteiger partial charge >= 0.3 is 0 Å². The zero-order chi connectivity index (χ0) is 12.1. The van der Waals surface area contributed by atoms with Crippen molar-refractivity contribution in [2.24, 2.45) is 11.0 Å². The van der Waals surface area contributed by atoms with Gasteiger partial charge in [0.1, 0.15) is 8.42 Å². The predicted octanol–water partition coefficient (Wildman–Crippen LogP) is -0.334. The van der Waals surface area contributed by atoms with Crippen LogP contribution in [-0.4, -0.2) is 21.2 Å². The largest absolute Gasteiger partial charge is 0.287 e. The number of hydrazine groups is 1. The van der Waals surface area contributed by atoms with E-state index in [9.17, 15) is 16.8 Å². The Morgan fingerprint density at radius 3 is 2.47 bits per heavy atom. The number of hydrogen-bond donors (Lipinski definition) is 2. The maximum absolute atomic E-state index is 11.7. The number of rotatable bonds is 1. The molecule has 0 saturated heterocycles. The van der Waals surface area contributed by atoms with E-state index in [-0.39, 0.29) is 26.4 Å². The predicted molar refractivity (Wildman–Crippen MR) is 65.2 cm³/mol. The van der Waals surface area contributed by atoms with Crippen molar-refractivity contribution in [3.05, 3.63) is 17.8 Å². The fourth-order valence-electron chi connectivity index (χ4n) is 1.15. The molecule has 0 saturated carbocycles. The quantitative estimate of drug-likeness (QED) is 0.686. The first-order valence-corrected chi connectivity index (χ1v) is 7.67. The summed E-state index contributed by atoms with van der Waals surface area (Å²) in [4.78, 5) is 0. The van der Waals surface area contributed by atoms with Crippen molar-refractivity contribution in [1.29, 1.82) is 0 Å². The van der Waals surface area contributed by atoms with Crippen LogP contribution in [0.3, 0.4) is 0 Å². The summed E-state index contributed by atoms with van der Waals surface area (Å²) in [6.07, 6.45) is 2.54. The lowest BCUT2D eigenvalue weighted by molar-refractivity contribution is 0.513. The number of halogens is 1. The second kappa shape index (κ2) is 4.23. The van der Waals surface area contributed by atoms with E-state index in [2.05, 4.69) is 0 Å². The SMILES string of the molecule is Cl.NN1C=Cc2cc(S(N)(=O)=O)sc2S1(=O)=O. The Kier molecular flexibility index (Phi) is 3.58. The molecule has 4 N–H and O–H groups in total. The van der Waals surface area contributed by atoms with Gasteiger partial charge in [-0.25, -0.2) is 23.8 Å². The van der Waals surface area contributed by atoms with E-state index < -0.39 is 20.0 Å². The molecule has 0 spiro atoms. The van der Waals surface area contributed by atoms with Gasteiger partial charge in [0.2, 0.25) is 10.0 Å². The molecule has 2 heterocycles. The average Bonchev–Trinajstić information content (AvgIpc) is 2.56. The number of nitrogens with zero attached hydrogens (tertiary/aromatic N) is 1. The number of sulfonamides is 2. The summed E-state index contributed by atoms with van der Waals surface area (Å²) in [5.41, 5.74) is 0.274. The van der Waals surface area contributed by atoms with Crippen LogP contribution in [0.15, 0.2) is 20.7 Å². The molecule has 96 valence electrons. The molecule has 7 nitrogen and oxygen atoms in total. The number of thiophene rings is 1. The second-order valence-electron chi connectivity index (χ2n) is 3.00. The Morgan fingerprint density at radius 2 is 1.94 bits per heavy atom. The molecular formula is C6H8ClN3O4S3. The maximum Gasteiger partial charge on any atom is 0.287 e. The smallest absolute Gasteiger partial charge is 0.234 e. The molecule has 11 heteroatoms. The fourth-order valence-corrected chi connectivity index (χ4v) is 4.72. The third kappa shape index (κ3) is 2.32. The van der Waals surface area contributed by atoms with Crippen LogP contribution in [0.4, 0.5) is 0 Å². The van der Waals surface area contributed by atoms with E-state index in [1.54, 1.807) is 0 Å². The van der Waals surface area contributed by atoms with Gasteiger partial charge in [0, 0.05) is 11.8 Å². The molecule has 0 aromatic carbocycles. The zero-order valence-electron chi connectivity index (χ0n) is 8.10. The van der Waals surface area contributed by atoms with E-state index in [1.165, 1.54) is 12.1 Å². The van der Waals surface area contributed by atoms with Gasteiger partial charge in [-0.2, -0.15) is 8.42 Å². The molecular weight excluding hydrogens is 310 g/mol. The molecule has 2 rings (SSSR count). The summed E-state index contributed by atoms with van der Waals surface area (Å²) < 4.78 is 45.7. The standard InChI is InChI=1S/C6H7N3O4S3.ClH/c7-9-2-1-4-3-5(15(8,10)11)14-6(4)16(9,12)13;/h1-3H,7H2,(H2,8,10,11);1H. The number of fused-ring (bicyclic) bond motifs is 1. The summed E-state index contributed by atoms with van der Waals surface area (Å²) in [5.74, 6) is 5.23. The third-order valence-electron chi connectivity index (χ3n) is 1.90. The van der Waals surface area contributed by atoms with Crippen LogP contribution in [0.1, 0.15) is 5.56 Å². The highest BCUT2D eigenvalue weighted by Crippen LogP contribution is 2.34. The van der Waals surface area contributed by atoms with E-state index in [4.69, 9.17) is 11.0 Å². The minimum Gasteiger partial charge on any atom is -0.234 e. The van der Waals surface area contributed by atoms with Gasteiger partial charge in [-0.1, -0.05) is 0 Å². The molecule has 0 bridgehead atoms. The molecule has 0 amide bonds. The van der Waals surface area contributed by atoms with Crippen molar-refractivity contribution in [3.8, 4) is 0 Å². The normalized spacial score (nSPS) is 17.4. The van der Waals surface area contributed by atoms with Crippen molar-refractivity contribution in [3.63, 3.8) is 0 Å². The van der Waals surface area contributed by atoms with Gasteiger partial charge in [0.15, 0.2) is 0 Å².